The van der Waals surface area contributed by atoms with Crippen molar-refractivity contribution in [2.45, 2.75) is 31.4 Å². The highest BCUT2D eigenvalue weighted by atomic mass is 32.2. The number of anilines is 1. The van der Waals surface area contributed by atoms with Gasteiger partial charge in [0.05, 0.1) is 11.9 Å². The third-order valence-electron chi connectivity index (χ3n) is 4.76. The van der Waals surface area contributed by atoms with Gasteiger partial charge in [-0.25, -0.2) is 8.42 Å². The number of para-hydroxylation sites is 2. The smallest absolute Gasteiger partial charge is 0.261 e. The molecule has 1 amide bonds. The van der Waals surface area contributed by atoms with Crippen LogP contribution in [0.25, 0.3) is 0 Å². The summed E-state index contributed by atoms with van der Waals surface area (Å²) in [5.41, 5.74) is 0.486. The van der Waals surface area contributed by atoms with E-state index in [0.29, 0.717) is 17.9 Å². The Morgan fingerprint density at radius 3 is 2.52 bits per heavy atom. The predicted molar refractivity (Wildman–Crippen MR) is 96.3 cm³/mol. The van der Waals surface area contributed by atoms with Crippen LogP contribution in [0.1, 0.15) is 19.3 Å². The van der Waals surface area contributed by atoms with Gasteiger partial charge in [0.1, 0.15) is 5.75 Å². The maximum absolute atomic E-state index is 12.6. The standard InChI is InChI=1S/C17H25N3O4S/c1-19-10-7-13(8-11-19)18-17(21)16-9-12-20(25(2,22)23)14-5-3-4-6-15(14)24-16/h3-6,13,16H,7-12H2,1-2H3,(H,18,21). The maximum atomic E-state index is 12.6. The van der Waals surface area contributed by atoms with E-state index in [-0.39, 0.29) is 18.5 Å². The van der Waals surface area contributed by atoms with Crippen molar-refractivity contribution in [2.24, 2.45) is 0 Å². The number of piperidine rings is 1. The number of likely N-dealkylation sites (tertiary alicyclic amines) is 1. The number of benzene rings is 1. The number of rotatable bonds is 3. The minimum Gasteiger partial charge on any atom is -0.478 e. The number of carbonyl (C=O) groups excluding carboxylic acids is 1. The van der Waals surface area contributed by atoms with Crippen LogP contribution in [0.5, 0.6) is 5.75 Å². The fourth-order valence-corrected chi connectivity index (χ4v) is 4.25. The molecule has 2 heterocycles. The van der Waals surface area contributed by atoms with Crippen LogP contribution in [0.3, 0.4) is 0 Å². The Balaban J connectivity index is 1.74. The second kappa shape index (κ2) is 7.21. The molecule has 138 valence electrons. The average Bonchev–Trinajstić information content (AvgIpc) is 2.76. The molecule has 0 bridgehead atoms. The molecule has 1 aromatic rings. The Hall–Kier alpha value is -1.80. The average molecular weight is 367 g/mol. The van der Waals surface area contributed by atoms with Crippen LogP contribution in [0, 0.1) is 0 Å². The molecule has 1 atom stereocenters. The van der Waals surface area contributed by atoms with Crippen LogP contribution in [-0.2, 0) is 14.8 Å². The molecule has 0 saturated carbocycles. The number of fused-ring (bicyclic) bond motifs is 1. The highest BCUT2D eigenvalue weighted by molar-refractivity contribution is 7.92. The minimum atomic E-state index is -3.43. The molecule has 1 unspecified atom stereocenters. The van der Waals surface area contributed by atoms with E-state index in [4.69, 9.17) is 4.74 Å². The van der Waals surface area contributed by atoms with Gasteiger partial charge in [-0.1, -0.05) is 12.1 Å². The molecular weight excluding hydrogens is 342 g/mol. The molecule has 2 aliphatic rings. The summed E-state index contributed by atoms with van der Waals surface area (Å²) in [6.07, 6.45) is 2.64. The zero-order chi connectivity index (χ0) is 18.0. The molecule has 0 radical (unpaired) electrons. The number of hydrogen-bond acceptors (Lipinski definition) is 5. The Labute approximate surface area is 149 Å². The lowest BCUT2D eigenvalue weighted by atomic mass is 10.0. The molecule has 0 aromatic heterocycles. The Morgan fingerprint density at radius 1 is 1.16 bits per heavy atom. The summed E-state index contributed by atoms with van der Waals surface area (Å²) in [5.74, 6) is 0.258. The summed E-state index contributed by atoms with van der Waals surface area (Å²) in [6.45, 7) is 2.14. The number of hydrogen-bond donors (Lipinski definition) is 1. The summed E-state index contributed by atoms with van der Waals surface area (Å²) in [6, 6.07) is 7.09. The van der Waals surface area contributed by atoms with Crippen molar-refractivity contribution in [1.29, 1.82) is 0 Å². The molecular formula is C17H25N3O4S. The SMILES string of the molecule is CN1CCC(NC(=O)C2CCN(S(C)(=O)=O)c3ccccc3O2)CC1. The lowest BCUT2D eigenvalue weighted by molar-refractivity contribution is -0.129. The maximum Gasteiger partial charge on any atom is 0.261 e. The van der Waals surface area contributed by atoms with E-state index in [9.17, 15) is 13.2 Å². The van der Waals surface area contributed by atoms with Gasteiger partial charge in [0.25, 0.3) is 5.91 Å². The normalized spacial score (nSPS) is 22.6. The van der Waals surface area contributed by atoms with Crippen molar-refractivity contribution in [1.82, 2.24) is 10.2 Å². The van der Waals surface area contributed by atoms with E-state index in [2.05, 4.69) is 17.3 Å². The molecule has 8 heteroatoms. The van der Waals surface area contributed by atoms with Crippen LogP contribution in [0.15, 0.2) is 24.3 Å². The van der Waals surface area contributed by atoms with Gasteiger partial charge in [0.15, 0.2) is 6.10 Å². The first-order valence-electron chi connectivity index (χ1n) is 8.57. The van der Waals surface area contributed by atoms with E-state index < -0.39 is 16.1 Å². The quantitative estimate of drug-likeness (QED) is 0.855. The van der Waals surface area contributed by atoms with Crippen molar-refractivity contribution < 1.29 is 17.9 Å². The van der Waals surface area contributed by atoms with Gasteiger partial charge in [-0.3, -0.25) is 9.10 Å². The first-order chi connectivity index (χ1) is 11.8. The van der Waals surface area contributed by atoms with Crippen molar-refractivity contribution in [3.05, 3.63) is 24.3 Å². The third kappa shape index (κ3) is 4.24. The van der Waals surface area contributed by atoms with Crippen LogP contribution < -0.4 is 14.4 Å². The van der Waals surface area contributed by atoms with Gasteiger partial charge in [-0.15, -0.1) is 0 Å². The number of ether oxygens (including phenoxy) is 1. The Bertz CT molecular complexity index is 729. The Morgan fingerprint density at radius 2 is 1.84 bits per heavy atom. The van der Waals surface area contributed by atoms with E-state index in [1.54, 1.807) is 24.3 Å². The lowest BCUT2D eigenvalue weighted by Crippen LogP contribution is -2.48. The number of carbonyl (C=O) groups is 1. The molecule has 0 aliphatic carbocycles. The number of nitrogens with one attached hydrogen (secondary N) is 1. The summed E-state index contributed by atoms with van der Waals surface area (Å²) < 4.78 is 31.4. The first-order valence-corrected chi connectivity index (χ1v) is 10.4. The van der Waals surface area contributed by atoms with Crippen molar-refractivity contribution >= 4 is 21.6 Å². The molecule has 1 N–H and O–H groups in total. The second-order valence-corrected chi connectivity index (χ2v) is 8.69. The van der Waals surface area contributed by atoms with Crippen LogP contribution >= 0.6 is 0 Å². The van der Waals surface area contributed by atoms with Gasteiger partial charge in [-0.05, 0) is 45.1 Å². The highest BCUT2D eigenvalue weighted by Gasteiger charge is 2.32. The van der Waals surface area contributed by atoms with Crippen LogP contribution in [-0.4, -0.2) is 64.3 Å². The Kier molecular flexibility index (Phi) is 5.19. The summed E-state index contributed by atoms with van der Waals surface area (Å²) in [7, 11) is -1.36. The summed E-state index contributed by atoms with van der Waals surface area (Å²) >= 11 is 0. The van der Waals surface area contributed by atoms with E-state index in [1.165, 1.54) is 10.6 Å². The summed E-state index contributed by atoms with van der Waals surface area (Å²) in [5, 5.41) is 3.06. The zero-order valence-corrected chi connectivity index (χ0v) is 15.5. The van der Waals surface area contributed by atoms with Gasteiger partial charge in [-0.2, -0.15) is 0 Å². The molecule has 7 nitrogen and oxygen atoms in total. The van der Waals surface area contributed by atoms with Crippen molar-refractivity contribution in [3.63, 3.8) is 0 Å². The topological polar surface area (TPSA) is 79.0 Å². The molecule has 25 heavy (non-hydrogen) atoms. The number of nitrogens with zero attached hydrogens (tertiary/aromatic N) is 2. The predicted octanol–water partition coefficient (Wildman–Crippen LogP) is 0.814. The monoisotopic (exact) mass is 367 g/mol. The number of amides is 1. The molecule has 2 aliphatic heterocycles. The minimum absolute atomic E-state index is 0.150. The van der Waals surface area contributed by atoms with Gasteiger partial charge >= 0.3 is 0 Å². The molecule has 1 saturated heterocycles. The van der Waals surface area contributed by atoms with Crippen molar-refractivity contribution in [2.75, 3.05) is 37.2 Å². The van der Waals surface area contributed by atoms with Crippen LogP contribution in [0.4, 0.5) is 5.69 Å². The van der Waals surface area contributed by atoms with Crippen molar-refractivity contribution in [3.8, 4) is 5.75 Å². The highest BCUT2D eigenvalue weighted by Crippen LogP contribution is 2.33. The van der Waals surface area contributed by atoms with Gasteiger partial charge in [0, 0.05) is 19.0 Å². The first kappa shape index (κ1) is 18.0. The fourth-order valence-electron chi connectivity index (χ4n) is 3.31. The summed E-state index contributed by atoms with van der Waals surface area (Å²) in [4.78, 5) is 14.9. The molecule has 3 rings (SSSR count). The fraction of sp³-hybridized carbons (Fsp3) is 0.588. The second-order valence-electron chi connectivity index (χ2n) is 6.78. The van der Waals surface area contributed by atoms with E-state index >= 15 is 0 Å². The third-order valence-corrected chi connectivity index (χ3v) is 5.94. The van der Waals surface area contributed by atoms with E-state index in [1.807, 2.05) is 0 Å². The number of sulfonamides is 1. The van der Waals surface area contributed by atoms with Crippen LogP contribution in [0.2, 0.25) is 0 Å². The molecule has 1 fully saturated rings. The largest absolute Gasteiger partial charge is 0.478 e. The lowest BCUT2D eigenvalue weighted by Gasteiger charge is -2.30. The van der Waals surface area contributed by atoms with E-state index in [0.717, 1.165) is 25.9 Å². The van der Waals surface area contributed by atoms with Gasteiger partial charge in [0.2, 0.25) is 10.0 Å². The molecule has 1 aromatic carbocycles. The zero-order valence-electron chi connectivity index (χ0n) is 14.6. The molecule has 0 spiro atoms. The van der Waals surface area contributed by atoms with Gasteiger partial charge < -0.3 is 15.0 Å².